The smallest absolute Gasteiger partial charge is 0.176 e. The Morgan fingerprint density at radius 3 is 2.67 bits per heavy atom. The summed E-state index contributed by atoms with van der Waals surface area (Å²) in [6.45, 7) is 3.29. The third-order valence-corrected chi connectivity index (χ3v) is 7.96. The van der Waals surface area contributed by atoms with Gasteiger partial charge in [0.15, 0.2) is 5.13 Å². The third-order valence-electron chi connectivity index (χ3n) is 7.05. The molecule has 0 radical (unpaired) electrons. The fourth-order valence-electron chi connectivity index (χ4n) is 5.29. The highest BCUT2D eigenvalue weighted by molar-refractivity contribution is 7.14. The number of hydrogen-bond donors (Lipinski definition) is 2. The van der Waals surface area contributed by atoms with Crippen molar-refractivity contribution in [2.75, 3.05) is 13.1 Å². The quantitative estimate of drug-likeness (QED) is 0.266. The Morgan fingerprint density at radius 2 is 1.81 bits per heavy atom. The monoisotopic (exact) mass is 493 g/mol. The lowest BCUT2D eigenvalue weighted by molar-refractivity contribution is 0.331. The van der Waals surface area contributed by atoms with Gasteiger partial charge in [-0.15, -0.1) is 11.3 Å². The third kappa shape index (κ3) is 3.81. The van der Waals surface area contributed by atoms with Crippen LogP contribution in [0.4, 0.5) is 4.39 Å². The van der Waals surface area contributed by atoms with E-state index in [2.05, 4.69) is 55.4 Å². The molecular weight excluding hydrogens is 469 g/mol. The summed E-state index contributed by atoms with van der Waals surface area (Å²) in [7, 11) is 0. The second kappa shape index (κ2) is 8.69. The number of nitrogens with one attached hydrogen (secondary N) is 2. The summed E-state index contributed by atoms with van der Waals surface area (Å²) in [5, 5.41) is 9.76. The van der Waals surface area contributed by atoms with Gasteiger partial charge in [0.1, 0.15) is 5.69 Å². The number of benzene rings is 2. The summed E-state index contributed by atoms with van der Waals surface area (Å²) in [6, 6.07) is 20.2. The van der Waals surface area contributed by atoms with Crippen LogP contribution in [0.25, 0.3) is 54.8 Å². The first-order valence-corrected chi connectivity index (χ1v) is 13.1. The van der Waals surface area contributed by atoms with Gasteiger partial charge in [-0.05, 0) is 79.5 Å². The summed E-state index contributed by atoms with van der Waals surface area (Å²) >= 11 is 1.16. The van der Waals surface area contributed by atoms with Gasteiger partial charge in [-0.25, -0.2) is 0 Å². The van der Waals surface area contributed by atoms with Crippen molar-refractivity contribution in [3.05, 3.63) is 83.8 Å². The van der Waals surface area contributed by atoms with Crippen molar-refractivity contribution in [1.29, 1.82) is 0 Å². The number of fused-ring (bicyclic) bond motifs is 2. The molecule has 0 spiro atoms. The van der Waals surface area contributed by atoms with Gasteiger partial charge >= 0.3 is 0 Å². The van der Waals surface area contributed by atoms with E-state index in [9.17, 15) is 4.39 Å². The number of pyridine rings is 1. The molecule has 36 heavy (non-hydrogen) atoms. The zero-order valence-corrected chi connectivity index (χ0v) is 20.4. The lowest BCUT2D eigenvalue weighted by Crippen LogP contribution is -2.18. The largest absolute Gasteiger partial charge is 0.353 e. The van der Waals surface area contributed by atoms with E-state index in [4.69, 9.17) is 0 Å². The fraction of sp³-hybridized carbons (Fsp3) is 0.172. The minimum absolute atomic E-state index is 0.178. The first kappa shape index (κ1) is 21.5. The summed E-state index contributed by atoms with van der Waals surface area (Å²) in [5.74, 6) is 0. The van der Waals surface area contributed by atoms with Crippen molar-refractivity contribution < 1.29 is 4.39 Å². The molecule has 5 nitrogen and oxygen atoms in total. The number of nitrogens with zero attached hydrogens (tertiary/aromatic N) is 3. The number of aromatic amines is 2. The van der Waals surface area contributed by atoms with Crippen LogP contribution >= 0.6 is 11.3 Å². The summed E-state index contributed by atoms with van der Waals surface area (Å²) in [4.78, 5) is 11.5. The molecule has 1 aliphatic heterocycles. The number of likely N-dealkylation sites (tertiary alicyclic amines) is 1. The Balaban J connectivity index is 1.28. The lowest BCUT2D eigenvalue weighted by atomic mass is 10.0. The average Bonchev–Trinajstić information content (AvgIpc) is 3.70. The molecule has 0 aliphatic carbocycles. The Labute approximate surface area is 211 Å². The van der Waals surface area contributed by atoms with Crippen molar-refractivity contribution in [3.63, 3.8) is 0 Å². The van der Waals surface area contributed by atoms with E-state index in [0.717, 1.165) is 72.6 Å². The highest BCUT2D eigenvalue weighted by Gasteiger charge is 2.16. The highest BCUT2D eigenvalue weighted by atomic mass is 32.1. The van der Waals surface area contributed by atoms with E-state index in [-0.39, 0.29) is 5.13 Å². The minimum atomic E-state index is -0.178. The highest BCUT2D eigenvalue weighted by Crippen LogP contribution is 2.37. The molecule has 5 heterocycles. The minimum Gasteiger partial charge on any atom is -0.353 e. The van der Waals surface area contributed by atoms with Gasteiger partial charge in [0.2, 0.25) is 0 Å². The molecule has 7 rings (SSSR count). The number of hydrogen-bond acceptors (Lipinski definition) is 4. The van der Waals surface area contributed by atoms with Crippen molar-refractivity contribution in [2.45, 2.75) is 19.4 Å². The molecular formula is C29H24FN5S. The average molecular weight is 494 g/mol. The molecule has 1 fully saturated rings. The molecule has 0 atom stereocenters. The zero-order valence-electron chi connectivity index (χ0n) is 19.6. The van der Waals surface area contributed by atoms with Crippen LogP contribution in [0, 0.1) is 5.13 Å². The second-order valence-corrected chi connectivity index (χ2v) is 10.5. The first-order chi connectivity index (χ1) is 17.7. The van der Waals surface area contributed by atoms with E-state index in [1.807, 2.05) is 36.7 Å². The summed E-state index contributed by atoms with van der Waals surface area (Å²) in [6.07, 6.45) is 6.48. The summed E-state index contributed by atoms with van der Waals surface area (Å²) < 4.78 is 13.7. The van der Waals surface area contributed by atoms with Gasteiger partial charge in [-0.3, -0.25) is 15.0 Å². The van der Waals surface area contributed by atoms with E-state index in [1.165, 1.54) is 37.6 Å². The standard InChI is InChI=1S/C29H24FN5S/c30-28-9-8-27(36-28)21-4-3-5-24-22(21)14-26(32-24)29-23-13-19(6-7-25(23)33-34-29)20-12-18(15-31-16-20)17-35-10-1-2-11-35/h3-9,12-16,32H,1-2,10-11,17H2,(H,33,34). The maximum atomic E-state index is 13.7. The molecule has 4 aromatic heterocycles. The molecule has 0 saturated carbocycles. The predicted octanol–water partition coefficient (Wildman–Crippen LogP) is 7.24. The zero-order chi connectivity index (χ0) is 24.1. The molecule has 0 amide bonds. The van der Waals surface area contributed by atoms with Gasteiger partial charge < -0.3 is 4.98 Å². The van der Waals surface area contributed by atoms with Crippen molar-refractivity contribution in [2.24, 2.45) is 0 Å². The van der Waals surface area contributed by atoms with Crippen LogP contribution in [-0.4, -0.2) is 38.2 Å². The van der Waals surface area contributed by atoms with Gasteiger partial charge in [0.25, 0.3) is 0 Å². The SMILES string of the molecule is Fc1ccc(-c2cccc3[nH]c(-c4n[nH]c5ccc(-c6cncc(CN7CCCC7)c6)cc45)cc23)s1. The van der Waals surface area contributed by atoms with Crippen molar-refractivity contribution >= 4 is 33.1 Å². The molecule has 1 saturated heterocycles. The topological polar surface area (TPSA) is 60.6 Å². The molecule has 0 bridgehead atoms. The van der Waals surface area contributed by atoms with Crippen LogP contribution in [0.2, 0.25) is 0 Å². The van der Waals surface area contributed by atoms with Gasteiger partial charge in [0, 0.05) is 51.2 Å². The van der Waals surface area contributed by atoms with E-state index in [0.29, 0.717) is 0 Å². The fourth-order valence-corrected chi connectivity index (χ4v) is 6.06. The van der Waals surface area contributed by atoms with E-state index in [1.54, 1.807) is 0 Å². The van der Waals surface area contributed by atoms with E-state index < -0.39 is 0 Å². The van der Waals surface area contributed by atoms with Gasteiger partial charge in [0.05, 0.1) is 11.2 Å². The normalized spacial score (nSPS) is 14.4. The molecule has 2 N–H and O–H groups in total. The number of halogens is 1. The Kier molecular flexibility index (Phi) is 5.18. The Bertz CT molecular complexity index is 1710. The molecule has 2 aromatic carbocycles. The first-order valence-electron chi connectivity index (χ1n) is 12.2. The van der Waals surface area contributed by atoms with Gasteiger partial charge in [-0.1, -0.05) is 18.2 Å². The molecule has 7 heteroatoms. The Hall–Kier alpha value is -3.81. The predicted molar refractivity (Wildman–Crippen MR) is 144 cm³/mol. The van der Waals surface area contributed by atoms with Crippen molar-refractivity contribution in [1.82, 2.24) is 25.1 Å². The lowest BCUT2D eigenvalue weighted by Gasteiger charge is -2.14. The molecule has 6 aromatic rings. The molecule has 1 aliphatic rings. The van der Waals surface area contributed by atoms with Crippen molar-refractivity contribution in [3.8, 4) is 33.0 Å². The second-order valence-electron chi connectivity index (χ2n) is 9.45. The van der Waals surface area contributed by atoms with Crippen LogP contribution in [0.15, 0.2) is 73.1 Å². The number of aromatic nitrogens is 4. The number of H-pyrrole nitrogens is 2. The number of rotatable bonds is 5. The maximum Gasteiger partial charge on any atom is 0.176 e. The Morgan fingerprint density at radius 1 is 0.889 bits per heavy atom. The van der Waals surface area contributed by atoms with Crippen LogP contribution in [0.1, 0.15) is 18.4 Å². The van der Waals surface area contributed by atoms with Crippen LogP contribution in [0.3, 0.4) is 0 Å². The van der Waals surface area contributed by atoms with Crippen LogP contribution in [0.5, 0.6) is 0 Å². The number of thiophene rings is 1. The van der Waals surface area contributed by atoms with E-state index >= 15 is 0 Å². The van der Waals surface area contributed by atoms with Crippen LogP contribution in [-0.2, 0) is 6.54 Å². The van der Waals surface area contributed by atoms with Crippen LogP contribution < -0.4 is 0 Å². The molecule has 0 unspecified atom stereocenters. The summed E-state index contributed by atoms with van der Waals surface area (Å²) in [5.41, 5.74) is 8.27. The maximum absolute atomic E-state index is 13.7. The van der Waals surface area contributed by atoms with Gasteiger partial charge in [-0.2, -0.15) is 9.49 Å². The molecule has 178 valence electrons.